The van der Waals surface area contributed by atoms with Gasteiger partial charge in [-0.1, -0.05) is 239 Å². The standard InChI is InChI=1S/C84H104O18Si/c1-12-48-86-73-69(88-50-62-36-22-14-23-37-62)57(3)95-81(77(73)98-60(6)85)99-75-71(90-52-64-40-26-16-27-41-64)59(5)96-82(100-78-74(92-54-66-44-30-18-31-45-66)70(89-51-63-38-24-15-25-39-63)58(4)97-83(78)102-103(10,11)84(7,8)9)79(75)101-80-76(93-55-67-46-32-19-33-47-67)72(91-53-65-42-28-17-29-43-65)68(56(2)94-80)87-49-61-34-20-13-21-35-61/h12-47,56-59,68-83H,1,48-55H2,2-11H3/t56-,57+,58+,59+,68-,69+,70+,71+,72+,73-,74-,75-,76+,77+,78+,79+,80-,81-,82-,83-/m0/s1. The molecule has 4 heterocycles. The van der Waals surface area contributed by atoms with Crippen LogP contribution in [0.1, 0.15) is 94.3 Å². The van der Waals surface area contributed by atoms with Crippen molar-refractivity contribution in [3.63, 3.8) is 0 Å². The van der Waals surface area contributed by atoms with Crippen LogP contribution in [0.15, 0.2) is 225 Å². The maximum Gasteiger partial charge on any atom is 0.303 e. The average Bonchev–Trinajstić information content (AvgIpc) is 0.758. The highest BCUT2D eigenvalue weighted by molar-refractivity contribution is 6.74. The zero-order chi connectivity index (χ0) is 72.3. The minimum absolute atomic E-state index is 0.0702. The predicted octanol–water partition coefficient (Wildman–Crippen LogP) is 14.7. The summed E-state index contributed by atoms with van der Waals surface area (Å²) in [6.07, 6.45) is -18.5. The molecule has 0 saturated carbocycles. The maximum absolute atomic E-state index is 13.8. The van der Waals surface area contributed by atoms with Gasteiger partial charge in [-0.05, 0) is 84.8 Å². The molecular formula is C84H104O18Si. The number of hydrogen-bond donors (Lipinski definition) is 0. The van der Waals surface area contributed by atoms with E-state index >= 15 is 0 Å². The van der Waals surface area contributed by atoms with E-state index in [2.05, 4.69) is 40.4 Å². The lowest BCUT2D eigenvalue weighted by molar-refractivity contribution is -0.410. The summed E-state index contributed by atoms with van der Waals surface area (Å²) >= 11 is 0. The summed E-state index contributed by atoms with van der Waals surface area (Å²) in [6.45, 7) is 25.3. The zero-order valence-electron chi connectivity index (χ0n) is 61.0. The van der Waals surface area contributed by atoms with Crippen LogP contribution in [0.4, 0.5) is 0 Å². The second-order valence-corrected chi connectivity index (χ2v) is 33.3. The van der Waals surface area contributed by atoms with Gasteiger partial charge in [0.15, 0.2) is 39.6 Å². The summed E-state index contributed by atoms with van der Waals surface area (Å²) in [7, 11) is -2.77. The summed E-state index contributed by atoms with van der Waals surface area (Å²) in [5.41, 5.74) is 6.45. The fourth-order valence-electron chi connectivity index (χ4n) is 13.2. The summed E-state index contributed by atoms with van der Waals surface area (Å²) < 4.78 is 123. The van der Waals surface area contributed by atoms with Crippen LogP contribution < -0.4 is 0 Å². The minimum Gasteiger partial charge on any atom is -0.454 e. The molecule has 0 aromatic heterocycles. The number of ether oxygens (including phenoxy) is 16. The number of hydrogen-bond acceptors (Lipinski definition) is 18. The summed E-state index contributed by atoms with van der Waals surface area (Å²) in [5.74, 6) is -0.615. The van der Waals surface area contributed by atoms with Gasteiger partial charge in [0.05, 0.1) is 77.3 Å². The first-order chi connectivity index (χ1) is 49.9. The third-order valence-electron chi connectivity index (χ3n) is 19.7. The number of carbonyl (C=O) groups excluding carboxylic acids is 1. The summed E-state index contributed by atoms with van der Waals surface area (Å²) in [6, 6.07) is 69.5. The second-order valence-electron chi connectivity index (χ2n) is 28.5. The lowest BCUT2D eigenvalue weighted by Crippen LogP contribution is -2.69. The lowest BCUT2D eigenvalue weighted by atomic mass is 9.95. The predicted molar refractivity (Wildman–Crippen MR) is 391 cm³/mol. The highest BCUT2D eigenvalue weighted by atomic mass is 28.4. The Bertz CT molecular complexity index is 3600. The lowest BCUT2D eigenvalue weighted by Gasteiger charge is -2.53. The van der Waals surface area contributed by atoms with Crippen molar-refractivity contribution in [1.82, 2.24) is 0 Å². The summed E-state index contributed by atoms with van der Waals surface area (Å²) in [4.78, 5) is 13.8. The van der Waals surface area contributed by atoms with E-state index in [-0.39, 0.29) is 57.9 Å². The molecule has 4 saturated heterocycles. The molecule has 7 aromatic rings. The molecule has 552 valence electrons. The van der Waals surface area contributed by atoms with E-state index in [0.717, 1.165) is 38.9 Å². The molecule has 11 rings (SSSR count). The van der Waals surface area contributed by atoms with Crippen molar-refractivity contribution in [2.24, 2.45) is 0 Å². The molecule has 4 aliphatic rings. The Hall–Kier alpha value is -6.67. The second kappa shape index (κ2) is 37.5. The molecule has 7 aromatic carbocycles. The van der Waals surface area contributed by atoms with E-state index in [1.165, 1.54) is 6.92 Å². The van der Waals surface area contributed by atoms with Crippen LogP contribution in [-0.4, -0.2) is 144 Å². The fourth-order valence-corrected chi connectivity index (χ4v) is 14.3. The van der Waals surface area contributed by atoms with E-state index in [1.807, 2.05) is 240 Å². The summed E-state index contributed by atoms with van der Waals surface area (Å²) in [5, 5.41) is -0.297. The molecule has 20 atom stereocenters. The Morgan fingerprint density at radius 1 is 0.350 bits per heavy atom. The number of rotatable bonds is 33. The van der Waals surface area contributed by atoms with Crippen molar-refractivity contribution in [2.75, 3.05) is 6.61 Å². The number of benzene rings is 7. The minimum atomic E-state index is -2.77. The zero-order valence-corrected chi connectivity index (χ0v) is 62.0. The van der Waals surface area contributed by atoms with Crippen LogP contribution in [0.25, 0.3) is 0 Å². The molecule has 18 nitrogen and oxygen atoms in total. The number of carbonyl (C=O) groups is 1. The van der Waals surface area contributed by atoms with E-state index in [1.54, 1.807) is 6.08 Å². The van der Waals surface area contributed by atoms with E-state index in [9.17, 15) is 4.79 Å². The van der Waals surface area contributed by atoms with Crippen molar-refractivity contribution in [3.05, 3.63) is 264 Å². The molecule has 103 heavy (non-hydrogen) atoms. The van der Waals surface area contributed by atoms with Crippen molar-refractivity contribution in [2.45, 2.75) is 243 Å². The van der Waals surface area contributed by atoms with Crippen LogP contribution in [-0.2, 0) is 131 Å². The smallest absolute Gasteiger partial charge is 0.303 e. The SMILES string of the molecule is C=CCO[C@@H]1[C@@H](OC(C)=O)[C@H](O[C@@H]2[C@@H](O[C@@H]3O[C@@H](C)[C@H](OCc4ccccc4)[C@@H](OCc4ccccc4)[C@H]3OCc3ccccc3)[C@H](O[C@H]3[C@H](O[Si](C)(C)C(C)(C)C)O[C@H](C)[C@@H](OCc4ccccc4)[C@@H]3OCc3ccccc3)O[C@H](C)[C@H]2OCc2ccccc2)O[C@H](C)[C@H]1OCc1ccccc1. The first-order valence-corrected chi connectivity index (χ1v) is 39.0. The highest BCUT2D eigenvalue weighted by Gasteiger charge is 2.59. The van der Waals surface area contributed by atoms with Gasteiger partial charge < -0.3 is 80.2 Å². The van der Waals surface area contributed by atoms with E-state index in [0.29, 0.717) is 0 Å². The molecule has 4 aliphatic heterocycles. The molecule has 0 unspecified atom stereocenters. The van der Waals surface area contributed by atoms with Gasteiger partial charge in [-0.25, -0.2) is 0 Å². The molecule has 0 amide bonds. The Kier molecular flexibility index (Phi) is 28.2. The van der Waals surface area contributed by atoms with Crippen LogP contribution in [0.3, 0.4) is 0 Å². The van der Waals surface area contributed by atoms with Crippen molar-refractivity contribution in [3.8, 4) is 0 Å². The van der Waals surface area contributed by atoms with Crippen LogP contribution in [0.5, 0.6) is 0 Å². The molecule has 0 spiro atoms. The maximum atomic E-state index is 13.8. The van der Waals surface area contributed by atoms with Gasteiger partial charge in [-0.2, -0.15) is 0 Å². The molecule has 0 radical (unpaired) electrons. The largest absolute Gasteiger partial charge is 0.454 e. The number of esters is 1. The molecular weight excluding hydrogens is 1320 g/mol. The Balaban J connectivity index is 1.07. The van der Waals surface area contributed by atoms with Gasteiger partial charge in [-0.15, -0.1) is 6.58 Å². The average molecular weight is 1430 g/mol. The Morgan fingerprint density at radius 3 is 0.903 bits per heavy atom. The molecule has 0 aliphatic carbocycles. The van der Waals surface area contributed by atoms with E-state index in [4.69, 9.17) is 80.2 Å². The van der Waals surface area contributed by atoms with Gasteiger partial charge in [0.25, 0.3) is 0 Å². The van der Waals surface area contributed by atoms with Gasteiger partial charge in [0, 0.05) is 6.92 Å². The third-order valence-corrected chi connectivity index (χ3v) is 24.1. The van der Waals surface area contributed by atoms with Crippen molar-refractivity contribution < 1.29 is 85.0 Å². The molecule has 4 fully saturated rings. The monoisotopic (exact) mass is 1430 g/mol. The van der Waals surface area contributed by atoms with Crippen molar-refractivity contribution in [1.29, 1.82) is 0 Å². The molecule has 0 bridgehead atoms. The normalized spacial score (nSPS) is 29.8. The Labute approximate surface area is 609 Å². The van der Waals surface area contributed by atoms with Crippen LogP contribution in [0.2, 0.25) is 18.1 Å². The van der Waals surface area contributed by atoms with Crippen LogP contribution in [0, 0.1) is 0 Å². The van der Waals surface area contributed by atoms with Gasteiger partial charge in [-0.3, -0.25) is 4.79 Å². The van der Waals surface area contributed by atoms with Gasteiger partial charge >= 0.3 is 5.97 Å². The quantitative estimate of drug-likeness (QED) is 0.0216. The Morgan fingerprint density at radius 2 is 0.592 bits per heavy atom. The van der Waals surface area contributed by atoms with Crippen molar-refractivity contribution >= 4 is 14.3 Å². The van der Waals surface area contributed by atoms with Gasteiger partial charge in [0.1, 0.15) is 67.1 Å². The molecule has 0 N–H and O–H groups in total. The first kappa shape index (κ1) is 77.4. The highest BCUT2D eigenvalue weighted by Crippen LogP contribution is 2.44. The van der Waals surface area contributed by atoms with Gasteiger partial charge in [0.2, 0.25) is 0 Å². The first-order valence-electron chi connectivity index (χ1n) is 36.1. The van der Waals surface area contributed by atoms with E-state index < -0.39 is 137 Å². The fraction of sp³-hybridized carbons (Fsp3) is 0.464. The third kappa shape index (κ3) is 21.1. The molecule has 19 heteroatoms. The van der Waals surface area contributed by atoms with Crippen LogP contribution >= 0.6 is 0 Å². The topological polar surface area (TPSA) is 174 Å².